The van der Waals surface area contributed by atoms with Crippen molar-refractivity contribution in [2.24, 2.45) is 0 Å². The molecule has 0 bridgehead atoms. The van der Waals surface area contributed by atoms with Gasteiger partial charge in [-0.2, -0.15) is 0 Å². The van der Waals surface area contributed by atoms with Crippen molar-refractivity contribution in [3.63, 3.8) is 0 Å². The van der Waals surface area contributed by atoms with Gasteiger partial charge >= 0.3 is 22.0 Å². The van der Waals surface area contributed by atoms with E-state index < -0.39 is 59.3 Å². The fourth-order valence-corrected chi connectivity index (χ4v) is 1.80. The molecule has 84 valence electrons. The molecule has 0 radical (unpaired) electrons. The Morgan fingerprint density at radius 3 is 2.36 bits per heavy atom. The average Bonchev–Trinajstić information content (AvgIpc) is 2.19. The predicted octanol–water partition coefficient (Wildman–Crippen LogP) is -6.92. The lowest BCUT2D eigenvalue weighted by Crippen LogP contribution is -3.70. The van der Waals surface area contributed by atoms with Crippen molar-refractivity contribution in [2.75, 3.05) is 6.61 Å². The lowest BCUT2D eigenvalue weighted by atomic mass is 10.00. The molecule has 1 fully saturated rings. The predicted molar refractivity (Wildman–Crippen MR) is 34.9 cm³/mol. The summed E-state index contributed by atoms with van der Waals surface area (Å²) in [6.07, 6.45) is -6.66. The minimum absolute atomic E-state index is 0.526. The molecule has 1 aliphatic heterocycles. The Labute approximate surface area is 91.2 Å². The molecule has 0 amide bonds. The molecule has 1 heterocycles. The number of hydrogen-bond acceptors (Lipinski definition) is 7. The van der Waals surface area contributed by atoms with E-state index in [1.807, 2.05) is 0 Å². The van der Waals surface area contributed by atoms with Crippen LogP contribution in [-0.4, -0.2) is 57.7 Å². The van der Waals surface area contributed by atoms with Crippen LogP contribution in [0.3, 0.4) is 0 Å². The first-order valence-corrected chi connectivity index (χ1v) is 5.61. The van der Waals surface area contributed by atoms with Crippen molar-refractivity contribution >= 4 is 0 Å². The van der Waals surface area contributed by atoms with Crippen molar-refractivity contribution in [1.29, 1.82) is 0 Å². The maximum Gasteiger partial charge on any atom is 0.455 e. The van der Waals surface area contributed by atoms with Gasteiger partial charge in [-0.05, 0) is 0 Å². The molecule has 0 spiro atoms. The monoisotopic (exact) mass is 322 g/mol. The van der Waals surface area contributed by atoms with E-state index in [2.05, 4.69) is 3.07 Å². The van der Waals surface area contributed by atoms with Gasteiger partial charge < -0.3 is 28.6 Å². The molecular weight excluding hydrogens is 311 g/mol. The lowest BCUT2D eigenvalue weighted by Gasteiger charge is -2.37. The van der Waals surface area contributed by atoms with Crippen LogP contribution in [0.25, 0.3) is 0 Å². The molecule has 0 aromatic rings. The largest absolute Gasteiger partial charge is 0.567 e. The Morgan fingerprint density at radius 1 is 1.21 bits per heavy atom. The van der Waals surface area contributed by atoms with Crippen LogP contribution in [0.2, 0.25) is 0 Å². The Balaban J connectivity index is 2.63. The summed E-state index contributed by atoms with van der Waals surface area (Å²) in [6.45, 7) is -0.526. The van der Waals surface area contributed by atoms with Gasteiger partial charge in [0.05, 0.1) is 6.61 Å². The van der Waals surface area contributed by atoms with Crippen LogP contribution in [-0.2, 0) is 7.80 Å². The molecular formula is C6H11IO7. The summed E-state index contributed by atoms with van der Waals surface area (Å²) < 4.78 is 19.6. The maximum absolute atomic E-state index is 10.2. The second kappa shape index (κ2) is 5.51. The summed E-state index contributed by atoms with van der Waals surface area (Å²) in [5.41, 5.74) is 0. The number of aliphatic hydroxyl groups excluding tert-OH is 4. The second-order valence-corrected chi connectivity index (χ2v) is 3.72. The van der Waals surface area contributed by atoms with Crippen molar-refractivity contribution in [3.8, 4) is 0 Å². The van der Waals surface area contributed by atoms with E-state index in [-0.39, 0.29) is 0 Å². The van der Waals surface area contributed by atoms with E-state index in [0.29, 0.717) is 0 Å². The first-order valence-electron chi connectivity index (χ1n) is 3.85. The molecule has 1 rings (SSSR count). The Hall–Kier alpha value is 0.450. The zero-order chi connectivity index (χ0) is 10.7. The molecule has 0 aromatic carbocycles. The fourth-order valence-electron chi connectivity index (χ4n) is 1.18. The van der Waals surface area contributed by atoms with Gasteiger partial charge in [-0.15, -0.1) is 3.07 Å². The van der Waals surface area contributed by atoms with Crippen LogP contribution in [0.4, 0.5) is 0 Å². The number of halogens is 1. The molecule has 4 N–H and O–H groups in total. The van der Waals surface area contributed by atoms with Crippen LogP contribution < -0.4 is 25.5 Å². The van der Waals surface area contributed by atoms with Gasteiger partial charge in [-0.25, -0.2) is 0 Å². The molecule has 0 saturated carbocycles. The van der Waals surface area contributed by atoms with E-state index in [1.54, 1.807) is 0 Å². The van der Waals surface area contributed by atoms with Crippen molar-refractivity contribution < 1.29 is 53.7 Å². The minimum Gasteiger partial charge on any atom is -0.567 e. The molecule has 0 aliphatic carbocycles. The van der Waals surface area contributed by atoms with E-state index >= 15 is 0 Å². The molecule has 1 aliphatic rings. The highest BCUT2D eigenvalue weighted by Gasteiger charge is 2.45. The summed E-state index contributed by atoms with van der Waals surface area (Å²) in [4.78, 5) is 0. The third-order valence-electron chi connectivity index (χ3n) is 1.97. The van der Waals surface area contributed by atoms with Crippen LogP contribution in [0.15, 0.2) is 0 Å². The number of aliphatic hydroxyl groups is 4. The lowest BCUT2D eigenvalue weighted by molar-refractivity contribution is -1.27. The topological polar surface area (TPSA) is 122 Å². The van der Waals surface area contributed by atoms with Crippen molar-refractivity contribution in [2.45, 2.75) is 30.7 Å². The van der Waals surface area contributed by atoms with Gasteiger partial charge in [0.15, 0.2) is 0 Å². The third kappa shape index (κ3) is 2.52. The Kier molecular flexibility index (Phi) is 4.93. The van der Waals surface area contributed by atoms with Gasteiger partial charge in [0, 0.05) is 0 Å². The van der Waals surface area contributed by atoms with Gasteiger partial charge in [0.1, 0.15) is 24.4 Å². The van der Waals surface area contributed by atoms with E-state index in [0.717, 1.165) is 0 Å². The summed E-state index contributed by atoms with van der Waals surface area (Å²) in [5, 5.41) is 36.6. The standard InChI is InChI=1S/C6H11IO7/c8-1-2-3(9)4(10)5(11)6(13-2)14-7-12/h2-6,8-11H,1H2/t2-,3-,4+,5-,6?/m1/s1. The fraction of sp³-hybridized carbons (Fsp3) is 1.00. The molecule has 1 unspecified atom stereocenters. The van der Waals surface area contributed by atoms with Crippen molar-refractivity contribution in [3.05, 3.63) is 0 Å². The molecule has 0 aromatic heterocycles. The SMILES string of the molecule is [O-][I+]OC1O[C@H](CO)[C@@H](O)[C@H](O)[C@H]1O. The minimum atomic E-state index is -1.81. The number of hydrogen-bond donors (Lipinski definition) is 4. The van der Waals surface area contributed by atoms with Crippen LogP contribution in [0.1, 0.15) is 0 Å². The zero-order valence-electron chi connectivity index (χ0n) is 6.99. The van der Waals surface area contributed by atoms with Gasteiger partial charge in [0.25, 0.3) is 0 Å². The van der Waals surface area contributed by atoms with E-state index in [4.69, 9.17) is 9.84 Å². The quantitative estimate of drug-likeness (QED) is 0.381. The first-order chi connectivity index (χ1) is 6.61. The summed E-state index contributed by atoms with van der Waals surface area (Å²) in [5.74, 6) is 0. The average molecular weight is 322 g/mol. The normalized spacial score (nSPS) is 43.9. The summed E-state index contributed by atoms with van der Waals surface area (Å²) in [6, 6.07) is 0. The van der Waals surface area contributed by atoms with Crippen LogP contribution >= 0.6 is 0 Å². The van der Waals surface area contributed by atoms with Gasteiger partial charge in [-0.3, -0.25) is 0 Å². The third-order valence-corrected chi connectivity index (χ3v) is 2.68. The molecule has 5 atom stereocenters. The highest BCUT2D eigenvalue weighted by molar-refractivity contribution is 4.88. The highest BCUT2D eigenvalue weighted by Crippen LogP contribution is 2.20. The second-order valence-electron chi connectivity index (χ2n) is 2.85. The zero-order valence-corrected chi connectivity index (χ0v) is 9.14. The van der Waals surface area contributed by atoms with E-state index in [9.17, 15) is 18.8 Å². The van der Waals surface area contributed by atoms with Crippen LogP contribution in [0.5, 0.6) is 0 Å². The maximum atomic E-state index is 10.2. The van der Waals surface area contributed by atoms with Crippen LogP contribution in [0, 0.1) is 0 Å². The molecule has 7 nitrogen and oxygen atoms in total. The first kappa shape index (κ1) is 12.5. The molecule has 14 heavy (non-hydrogen) atoms. The summed E-state index contributed by atoms with van der Waals surface area (Å²) >= 11 is -1.81. The molecule has 8 heteroatoms. The summed E-state index contributed by atoms with van der Waals surface area (Å²) in [7, 11) is 0. The molecule has 1 saturated heterocycles. The van der Waals surface area contributed by atoms with Crippen molar-refractivity contribution in [1.82, 2.24) is 0 Å². The van der Waals surface area contributed by atoms with Gasteiger partial charge in [0.2, 0.25) is 6.29 Å². The Morgan fingerprint density at radius 2 is 1.86 bits per heavy atom. The number of rotatable bonds is 3. The highest BCUT2D eigenvalue weighted by atomic mass is 127. The van der Waals surface area contributed by atoms with E-state index in [1.165, 1.54) is 0 Å². The van der Waals surface area contributed by atoms with Gasteiger partial charge in [-0.1, -0.05) is 0 Å². The number of ether oxygens (including phenoxy) is 1. The smallest absolute Gasteiger partial charge is 0.455 e. The Bertz CT molecular complexity index is 176.